The summed E-state index contributed by atoms with van der Waals surface area (Å²) < 4.78 is 13.6. The average molecular weight is 371 g/mol. The molecule has 2 saturated heterocycles. The molecule has 0 aromatic heterocycles. The second-order valence-corrected chi connectivity index (χ2v) is 8.08. The van der Waals surface area contributed by atoms with Crippen molar-refractivity contribution in [3.63, 3.8) is 0 Å². The summed E-state index contributed by atoms with van der Waals surface area (Å²) in [4.78, 5) is 26.1. The van der Waals surface area contributed by atoms with Crippen LogP contribution in [-0.4, -0.2) is 34.5 Å². The summed E-state index contributed by atoms with van der Waals surface area (Å²) in [6.07, 6.45) is 6.24. The minimum atomic E-state index is -0.156. The molecule has 5 nitrogen and oxygen atoms in total. The number of aryl methyl sites for hydroxylation is 1. The predicted octanol–water partition coefficient (Wildman–Crippen LogP) is 3.42. The van der Waals surface area contributed by atoms with Gasteiger partial charge in [-0.3, -0.25) is 9.59 Å². The van der Waals surface area contributed by atoms with Crippen molar-refractivity contribution >= 4 is 17.5 Å². The van der Waals surface area contributed by atoms with E-state index in [1.165, 1.54) is 5.56 Å². The van der Waals surface area contributed by atoms with E-state index in [1.54, 1.807) is 6.07 Å². The second kappa shape index (κ2) is 7.41. The fourth-order valence-electron chi connectivity index (χ4n) is 4.85. The normalized spacial score (nSPS) is 27.3. The Morgan fingerprint density at radius 1 is 1.26 bits per heavy atom. The van der Waals surface area contributed by atoms with E-state index in [-0.39, 0.29) is 17.6 Å². The van der Waals surface area contributed by atoms with Crippen molar-refractivity contribution in [2.24, 2.45) is 5.10 Å². The van der Waals surface area contributed by atoms with Crippen LogP contribution >= 0.6 is 0 Å². The van der Waals surface area contributed by atoms with Gasteiger partial charge in [0.15, 0.2) is 0 Å². The van der Waals surface area contributed by atoms with Gasteiger partial charge in [0.1, 0.15) is 5.82 Å². The van der Waals surface area contributed by atoms with Crippen LogP contribution in [0.3, 0.4) is 0 Å². The van der Waals surface area contributed by atoms with Gasteiger partial charge in [-0.25, -0.2) is 9.82 Å². The van der Waals surface area contributed by atoms with E-state index in [2.05, 4.69) is 15.4 Å². The van der Waals surface area contributed by atoms with Crippen LogP contribution in [0.15, 0.2) is 23.3 Å². The number of fused-ring (bicyclic) bond motifs is 2. The molecule has 0 aliphatic carbocycles. The van der Waals surface area contributed by atoms with Crippen molar-refractivity contribution in [3.05, 3.63) is 35.1 Å². The summed E-state index contributed by atoms with van der Waals surface area (Å²) in [7, 11) is 0. The quantitative estimate of drug-likeness (QED) is 0.882. The molecule has 3 atom stereocenters. The number of hydrazone groups is 1. The lowest BCUT2D eigenvalue weighted by molar-refractivity contribution is -0.135. The fraction of sp³-hybridized carbons (Fsp3) is 0.571. The van der Waals surface area contributed by atoms with Crippen molar-refractivity contribution in [3.8, 4) is 0 Å². The zero-order valence-corrected chi connectivity index (χ0v) is 15.7. The average Bonchev–Trinajstić information content (AvgIpc) is 2.93. The van der Waals surface area contributed by atoms with Gasteiger partial charge in [-0.2, -0.15) is 5.10 Å². The number of piperidine rings is 1. The minimum absolute atomic E-state index is 0.0544. The third-order valence-corrected chi connectivity index (χ3v) is 6.28. The van der Waals surface area contributed by atoms with E-state index in [4.69, 9.17) is 0 Å². The van der Waals surface area contributed by atoms with Crippen molar-refractivity contribution in [2.75, 3.05) is 0 Å². The molecule has 6 heteroatoms. The third-order valence-electron chi connectivity index (χ3n) is 6.28. The lowest BCUT2D eigenvalue weighted by Crippen LogP contribution is -2.46. The van der Waals surface area contributed by atoms with Gasteiger partial charge >= 0.3 is 0 Å². The molecule has 27 heavy (non-hydrogen) atoms. The Hall–Kier alpha value is -2.24. The summed E-state index contributed by atoms with van der Waals surface area (Å²) in [5, 5.41) is 4.06. The fourth-order valence-corrected chi connectivity index (χ4v) is 4.85. The van der Waals surface area contributed by atoms with Crippen LogP contribution in [0.25, 0.3) is 0 Å². The van der Waals surface area contributed by atoms with Gasteiger partial charge in [0.2, 0.25) is 11.8 Å². The highest BCUT2D eigenvalue weighted by atomic mass is 19.1. The summed E-state index contributed by atoms with van der Waals surface area (Å²) in [5.41, 5.74) is 5.30. The highest BCUT2D eigenvalue weighted by Gasteiger charge is 2.43. The van der Waals surface area contributed by atoms with E-state index in [0.29, 0.717) is 49.2 Å². The standard InChI is InChI=1S/C21H26FN3O2/c1-13-10-14(2-7-19(13)22)15-11-17-5-6-18(12-15)25(17)21(27)9-4-16-3-8-20(26)24-23-16/h2,7,10,15,17-18H,3-6,8-9,11-12H2,1H3,(H,24,26)/t15?,17-,18+. The summed E-state index contributed by atoms with van der Waals surface area (Å²) >= 11 is 0. The molecule has 3 heterocycles. The molecular weight excluding hydrogens is 345 g/mol. The molecule has 4 rings (SSSR count). The molecule has 1 unspecified atom stereocenters. The Balaban J connectivity index is 1.38. The van der Waals surface area contributed by atoms with Crippen molar-refractivity contribution in [1.29, 1.82) is 0 Å². The lowest BCUT2D eigenvalue weighted by atomic mass is 9.84. The Morgan fingerprint density at radius 3 is 2.63 bits per heavy atom. The minimum Gasteiger partial charge on any atom is -0.337 e. The maximum atomic E-state index is 13.6. The number of carbonyl (C=O) groups excluding carboxylic acids is 2. The molecule has 1 aromatic rings. The van der Waals surface area contributed by atoms with Crippen LogP contribution < -0.4 is 5.43 Å². The monoisotopic (exact) mass is 371 g/mol. The molecule has 0 saturated carbocycles. The van der Waals surface area contributed by atoms with Gasteiger partial charge < -0.3 is 4.90 Å². The van der Waals surface area contributed by atoms with Crippen molar-refractivity contribution < 1.29 is 14.0 Å². The Bertz CT molecular complexity index is 778. The highest BCUT2D eigenvalue weighted by molar-refractivity contribution is 5.94. The summed E-state index contributed by atoms with van der Waals surface area (Å²) in [6, 6.07) is 6.01. The van der Waals surface area contributed by atoms with Gasteiger partial charge in [-0.1, -0.05) is 12.1 Å². The molecule has 1 N–H and O–H groups in total. The second-order valence-electron chi connectivity index (χ2n) is 8.08. The van der Waals surface area contributed by atoms with Crippen LogP contribution in [-0.2, 0) is 9.59 Å². The van der Waals surface area contributed by atoms with Gasteiger partial charge in [-0.05, 0) is 68.6 Å². The van der Waals surface area contributed by atoms with Crippen LogP contribution in [0, 0.1) is 12.7 Å². The highest BCUT2D eigenvalue weighted by Crippen LogP contribution is 2.43. The molecule has 144 valence electrons. The van der Waals surface area contributed by atoms with Crippen LogP contribution in [0.5, 0.6) is 0 Å². The maximum Gasteiger partial charge on any atom is 0.240 e. The molecular formula is C21H26FN3O2. The molecule has 0 radical (unpaired) electrons. The number of benzene rings is 1. The third kappa shape index (κ3) is 3.75. The zero-order chi connectivity index (χ0) is 19.0. The topological polar surface area (TPSA) is 61.8 Å². The maximum absolute atomic E-state index is 13.6. The summed E-state index contributed by atoms with van der Waals surface area (Å²) in [6.45, 7) is 1.81. The summed E-state index contributed by atoms with van der Waals surface area (Å²) in [5.74, 6) is 0.400. The van der Waals surface area contributed by atoms with Crippen molar-refractivity contribution in [2.45, 2.75) is 76.3 Å². The molecule has 3 aliphatic heterocycles. The van der Waals surface area contributed by atoms with E-state index < -0.39 is 0 Å². The Morgan fingerprint density at radius 2 is 2.00 bits per heavy atom. The van der Waals surface area contributed by atoms with Gasteiger partial charge in [0.25, 0.3) is 0 Å². The number of carbonyl (C=O) groups is 2. The van der Waals surface area contributed by atoms with Gasteiger partial charge in [-0.15, -0.1) is 0 Å². The first-order valence-electron chi connectivity index (χ1n) is 9.92. The predicted molar refractivity (Wildman–Crippen MR) is 101 cm³/mol. The first-order chi connectivity index (χ1) is 13.0. The number of amides is 2. The van der Waals surface area contributed by atoms with Crippen LogP contribution in [0.4, 0.5) is 4.39 Å². The lowest BCUT2D eigenvalue weighted by Gasteiger charge is -2.39. The largest absolute Gasteiger partial charge is 0.337 e. The number of nitrogens with one attached hydrogen (secondary N) is 1. The number of halogens is 1. The van der Waals surface area contributed by atoms with Gasteiger partial charge in [0.05, 0.1) is 0 Å². The van der Waals surface area contributed by atoms with E-state index in [9.17, 15) is 14.0 Å². The number of rotatable bonds is 4. The van der Waals surface area contributed by atoms with Gasteiger partial charge in [0, 0.05) is 30.6 Å². The first kappa shape index (κ1) is 18.1. The van der Waals surface area contributed by atoms with Crippen LogP contribution in [0.2, 0.25) is 0 Å². The number of hydrogen-bond donors (Lipinski definition) is 1. The molecule has 3 aliphatic rings. The SMILES string of the molecule is Cc1cc(C2C[C@H]3CC[C@@H](C2)N3C(=O)CCC2=NNC(=O)CC2)ccc1F. The first-order valence-corrected chi connectivity index (χ1v) is 9.92. The van der Waals surface area contributed by atoms with E-state index in [0.717, 1.165) is 31.4 Å². The van der Waals surface area contributed by atoms with Crippen molar-refractivity contribution in [1.82, 2.24) is 10.3 Å². The number of nitrogens with zero attached hydrogens (tertiary/aromatic N) is 2. The smallest absolute Gasteiger partial charge is 0.240 e. The molecule has 0 spiro atoms. The molecule has 1 aromatic carbocycles. The zero-order valence-electron chi connectivity index (χ0n) is 15.7. The van der Waals surface area contributed by atoms with Crippen LogP contribution in [0.1, 0.15) is 68.4 Å². The number of hydrogen-bond acceptors (Lipinski definition) is 3. The molecule has 2 bridgehead atoms. The van der Waals surface area contributed by atoms with E-state index >= 15 is 0 Å². The molecule has 2 amide bonds. The molecule has 2 fully saturated rings. The Kier molecular flexibility index (Phi) is 4.98. The Labute approximate surface area is 159 Å². The van der Waals surface area contributed by atoms with E-state index in [1.807, 2.05) is 19.1 Å².